The molecule has 0 fully saturated rings. The number of para-hydroxylation sites is 1. The Morgan fingerprint density at radius 3 is 2.46 bits per heavy atom. The van der Waals surface area contributed by atoms with Crippen LogP contribution in [0.25, 0.3) is 34.1 Å². The fourth-order valence-corrected chi connectivity index (χ4v) is 5.88. The summed E-state index contributed by atoms with van der Waals surface area (Å²) in [6, 6.07) is 31.7. The van der Waals surface area contributed by atoms with Crippen LogP contribution in [-0.4, -0.2) is 44.3 Å². The molecule has 1 amide bonds. The molecule has 6 rings (SSSR count). The number of hydrogen-bond donors (Lipinski definition) is 1. The molecule has 228 valence electrons. The van der Waals surface area contributed by atoms with Gasteiger partial charge in [-0.25, -0.2) is 4.98 Å². The van der Waals surface area contributed by atoms with Crippen molar-refractivity contribution in [3.8, 4) is 22.8 Å². The van der Waals surface area contributed by atoms with E-state index in [1.807, 2.05) is 83.4 Å². The SMILES string of the molecule is COc1ccc2nc(Cl)c(/C=C/C(=O)c3ccc(NC(=O)CSc4nnc(-c5ccc(Br)cc5)n4-c4ccccc4)cc3)cc2c1. The van der Waals surface area contributed by atoms with Crippen molar-refractivity contribution in [2.75, 3.05) is 18.2 Å². The fraction of sp³-hybridized carbons (Fsp3) is 0.0571. The summed E-state index contributed by atoms with van der Waals surface area (Å²) in [7, 11) is 1.60. The Hall–Kier alpha value is -4.77. The lowest BCUT2D eigenvalue weighted by Gasteiger charge is -2.10. The number of nitrogens with one attached hydrogen (secondary N) is 1. The Bertz CT molecular complexity index is 2070. The van der Waals surface area contributed by atoms with Gasteiger partial charge in [0.15, 0.2) is 16.8 Å². The van der Waals surface area contributed by atoms with Gasteiger partial charge in [0.1, 0.15) is 10.9 Å². The van der Waals surface area contributed by atoms with Crippen LogP contribution < -0.4 is 10.1 Å². The maximum Gasteiger partial charge on any atom is 0.234 e. The highest BCUT2D eigenvalue weighted by Gasteiger charge is 2.17. The van der Waals surface area contributed by atoms with Gasteiger partial charge >= 0.3 is 0 Å². The van der Waals surface area contributed by atoms with E-state index in [0.717, 1.165) is 26.6 Å². The van der Waals surface area contributed by atoms with E-state index in [1.54, 1.807) is 37.5 Å². The molecule has 0 saturated carbocycles. The number of ketones is 1. The lowest BCUT2D eigenvalue weighted by atomic mass is 10.1. The zero-order valence-corrected chi connectivity index (χ0v) is 27.5. The van der Waals surface area contributed by atoms with Crippen molar-refractivity contribution >= 4 is 73.6 Å². The van der Waals surface area contributed by atoms with Crippen molar-refractivity contribution in [3.05, 3.63) is 130 Å². The Balaban J connectivity index is 1.10. The summed E-state index contributed by atoms with van der Waals surface area (Å²) in [5, 5.41) is 13.4. The molecule has 0 bridgehead atoms. The highest BCUT2D eigenvalue weighted by atomic mass is 79.9. The molecule has 11 heteroatoms. The predicted octanol–water partition coefficient (Wildman–Crippen LogP) is 8.53. The van der Waals surface area contributed by atoms with E-state index in [2.05, 4.69) is 36.4 Å². The largest absolute Gasteiger partial charge is 0.497 e. The number of nitrogens with zero attached hydrogens (tertiary/aromatic N) is 4. The van der Waals surface area contributed by atoms with E-state index in [1.165, 1.54) is 17.8 Å². The third-order valence-electron chi connectivity index (χ3n) is 6.95. The number of ether oxygens (including phenoxy) is 1. The second-order valence-corrected chi connectivity index (χ2v) is 12.2. The Morgan fingerprint density at radius 1 is 0.957 bits per heavy atom. The van der Waals surface area contributed by atoms with E-state index in [4.69, 9.17) is 16.3 Å². The van der Waals surface area contributed by atoms with Gasteiger partial charge in [-0.2, -0.15) is 0 Å². The number of hydrogen-bond acceptors (Lipinski definition) is 7. The summed E-state index contributed by atoms with van der Waals surface area (Å²) >= 11 is 11.1. The predicted molar refractivity (Wildman–Crippen MR) is 187 cm³/mol. The number of amides is 1. The monoisotopic (exact) mass is 709 g/mol. The Labute approximate surface area is 282 Å². The molecule has 0 unspecified atom stereocenters. The third kappa shape index (κ3) is 7.20. The Kier molecular flexibility index (Phi) is 9.58. The number of pyridine rings is 1. The van der Waals surface area contributed by atoms with Crippen LogP contribution in [0, 0.1) is 0 Å². The third-order valence-corrected chi connectivity index (χ3v) is 8.71. The normalized spacial score (nSPS) is 11.2. The van der Waals surface area contributed by atoms with E-state index >= 15 is 0 Å². The quantitative estimate of drug-likeness (QED) is 0.0659. The number of fused-ring (bicyclic) bond motifs is 1. The van der Waals surface area contributed by atoms with Crippen LogP contribution in [-0.2, 0) is 4.79 Å². The molecule has 2 aromatic heterocycles. The molecule has 46 heavy (non-hydrogen) atoms. The standard InChI is InChI=1S/C35H25BrClN5O3S/c1-45-29-16-17-30-25(20-29)19-24(33(37)39-30)11-18-31(43)22-9-14-27(15-10-22)38-32(44)21-46-35-41-40-34(23-7-12-26(36)13-8-23)42(35)28-5-3-2-4-6-28/h2-20H,21H2,1H3,(H,38,44)/b18-11+. The van der Waals surface area contributed by atoms with Crippen LogP contribution in [0.2, 0.25) is 5.15 Å². The molecule has 4 aromatic carbocycles. The topological polar surface area (TPSA) is 99.0 Å². The highest BCUT2D eigenvalue weighted by Crippen LogP contribution is 2.29. The van der Waals surface area contributed by atoms with Gasteiger partial charge in [-0.1, -0.05) is 69.6 Å². The second-order valence-electron chi connectivity index (χ2n) is 10.0. The van der Waals surface area contributed by atoms with E-state index in [-0.39, 0.29) is 17.4 Å². The number of aromatic nitrogens is 4. The maximum atomic E-state index is 12.9. The number of halogens is 2. The number of benzene rings is 4. The van der Waals surface area contributed by atoms with Crippen molar-refractivity contribution in [3.63, 3.8) is 0 Å². The number of carbonyl (C=O) groups is 2. The molecular weight excluding hydrogens is 686 g/mol. The van der Waals surface area contributed by atoms with Crippen molar-refractivity contribution in [1.82, 2.24) is 19.7 Å². The van der Waals surface area contributed by atoms with Crippen molar-refractivity contribution in [2.45, 2.75) is 5.16 Å². The average molecular weight is 711 g/mol. The number of anilines is 1. The van der Waals surface area contributed by atoms with Gasteiger partial charge in [0.2, 0.25) is 5.91 Å². The lowest BCUT2D eigenvalue weighted by Crippen LogP contribution is -2.14. The van der Waals surface area contributed by atoms with Crippen molar-refractivity contribution in [2.24, 2.45) is 0 Å². The van der Waals surface area contributed by atoms with Crippen LogP contribution in [0.15, 0.2) is 119 Å². The van der Waals surface area contributed by atoms with E-state index in [9.17, 15) is 9.59 Å². The van der Waals surface area contributed by atoms with Crippen molar-refractivity contribution < 1.29 is 14.3 Å². The molecule has 0 radical (unpaired) electrons. The zero-order chi connectivity index (χ0) is 32.0. The molecule has 8 nitrogen and oxygen atoms in total. The summed E-state index contributed by atoms with van der Waals surface area (Å²) in [4.78, 5) is 30.2. The molecule has 0 spiro atoms. The molecule has 0 saturated heterocycles. The summed E-state index contributed by atoms with van der Waals surface area (Å²) in [6.45, 7) is 0. The first-order valence-electron chi connectivity index (χ1n) is 14.0. The van der Waals surface area contributed by atoms with Crippen LogP contribution in [0.5, 0.6) is 5.75 Å². The lowest BCUT2D eigenvalue weighted by molar-refractivity contribution is -0.113. The van der Waals surface area contributed by atoms with Gasteiger partial charge in [-0.15, -0.1) is 10.2 Å². The van der Waals surface area contributed by atoms with Crippen LogP contribution in [0.3, 0.4) is 0 Å². The number of allylic oxidation sites excluding steroid dienone is 1. The van der Waals surface area contributed by atoms with E-state index < -0.39 is 0 Å². The van der Waals surface area contributed by atoms with Crippen molar-refractivity contribution in [1.29, 1.82) is 0 Å². The highest BCUT2D eigenvalue weighted by molar-refractivity contribution is 9.10. The molecule has 6 aromatic rings. The first-order chi connectivity index (χ1) is 22.4. The smallest absolute Gasteiger partial charge is 0.234 e. The second kappa shape index (κ2) is 14.1. The number of thioether (sulfide) groups is 1. The number of rotatable bonds is 10. The van der Waals surface area contributed by atoms with Gasteiger partial charge < -0.3 is 10.1 Å². The Morgan fingerprint density at radius 2 is 1.72 bits per heavy atom. The fourth-order valence-electron chi connectivity index (χ4n) is 4.66. The van der Waals surface area contributed by atoms with Crippen LogP contribution >= 0.6 is 39.3 Å². The zero-order valence-electron chi connectivity index (χ0n) is 24.4. The first-order valence-corrected chi connectivity index (χ1v) is 16.2. The summed E-state index contributed by atoms with van der Waals surface area (Å²) in [5.74, 6) is 1.06. The minimum Gasteiger partial charge on any atom is -0.497 e. The molecule has 0 aliphatic heterocycles. The van der Waals surface area contributed by atoms with Gasteiger partial charge in [-0.05, 0) is 84.9 Å². The first kappa shape index (κ1) is 31.2. The van der Waals surface area contributed by atoms with E-state index in [0.29, 0.717) is 38.7 Å². The minimum absolute atomic E-state index is 0.112. The molecule has 0 atom stereocenters. The summed E-state index contributed by atoms with van der Waals surface area (Å²) in [6.07, 6.45) is 3.09. The van der Waals surface area contributed by atoms with Gasteiger partial charge in [0.25, 0.3) is 0 Å². The number of carbonyl (C=O) groups excluding carboxylic acids is 2. The van der Waals surface area contributed by atoms with Crippen LogP contribution in [0.4, 0.5) is 5.69 Å². The minimum atomic E-state index is -0.216. The van der Waals surface area contributed by atoms with Gasteiger partial charge in [0.05, 0.1) is 18.4 Å². The molecule has 0 aliphatic rings. The van der Waals surface area contributed by atoms with Crippen LogP contribution in [0.1, 0.15) is 15.9 Å². The molecule has 1 N–H and O–H groups in total. The molecule has 0 aliphatic carbocycles. The molecular formula is C35H25BrClN5O3S. The molecule has 2 heterocycles. The maximum absolute atomic E-state index is 12.9. The summed E-state index contributed by atoms with van der Waals surface area (Å²) < 4.78 is 8.19. The van der Waals surface area contributed by atoms with Gasteiger partial charge in [-0.3, -0.25) is 14.2 Å². The average Bonchev–Trinajstić information content (AvgIpc) is 3.51. The van der Waals surface area contributed by atoms with Gasteiger partial charge in [0, 0.05) is 37.9 Å². The summed E-state index contributed by atoms with van der Waals surface area (Å²) in [5.41, 5.74) is 4.17. The number of methoxy groups -OCH3 is 1.